The summed E-state index contributed by atoms with van der Waals surface area (Å²) in [4.78, 5) is 17.9. The van der Waals surface area contributed by atoms with Gasteiger partial charge in [-0.25, -0.2) is 17.6 Å². The van der Waals surface area contributed by atoms with Gasteiger partial charge in [-0.15, -0.1) is 0 Å². The molecule has 0 aromatic heterocycles. The number of hydrogen-bond donors (Lipinski definition) is 5. The van der Waals surface area contributed by atoms with Crippen LogP contribution in [0.5, 0.6) is 5.75 Å². The van der Waals surface area contributed by atoms with Crippen molar-refractivity contribution in [3.8, 4) is 5.75 Å². The van der Waals surface area contributed by atoms with E-state index in [1.165, 1.54) is 32.1 Å². The number of aliphatic hydroxyl groups is 4. The summed E-state index contributed by atoms with van der Waals surface area (Å²) in [5.41, 5.74) is 0.540. The summed E-state index contributed by atoms with van der Waals surface area (Å²) in [5, 5.41) is 47.8. The first-order valence-electron chi connectivity index (χ1n) is 14.2. The van der Waals surface area contributed by atoms with Crippen molar-refractivity contribution in [3.05, 3.63) is 70.5 Å². The van der Waals surface area contributed by atoms with E-state index in [1.807, 2.05) is 0 Å². The summed E-state index contributed by atoms with van der Waals surface area (Å²) >= 11 is 0. The van der Waals surface area contributed by atoms with Crippen LogP contribution in [0.15, 0.2) is 47.1 Å². The van der Waals surface area contributed by atoms with Crippen LogP contribution in [0.25, 0.3) is 6.08 Å². The van der Waals surface area contributed by atoms with E-state index in [-0.39, 0.29) is 35.8 Å². The predicted octanol–water partition coefficient (Wildman–Crippen LogP) is 1.23. The number of rotatable bonds is 9. The van der Waals surface area contributed by atoms with Crippen LogP contribution in [0, 0.1) is 17.5 Å². The van der Waals surface area contributed by atoms with E-state index in [0.717, 1.165) is 24.3 Å². The molecule has 3 fully saturated rings. The molecule has 250 valence electrons. The standard InChI is InChI=1S/C30H32F4N2O10/c1-12(29(41)35-21-23(38)25(40)28-27(24(21)39)42-11-43-28)7-14-4-6-19(18(33)8-14)45-30-20(34)22(37)26(46-30)13(2)36-44-10-15-3-5-16(31)17(32)9-15/h3-9,20-28,30,37-40H,10-11H2,1-2H3,(H,35,41)/t20-,21-,22+,23+,24-,25-,26-,27+,28-,30-/m1/s1. The number of carbonyl (C=O) groups is 1. The van der Waals surface area contributed by atoms with E-state index >= 15 is 0 Å². The SMILES string of the molecule is CC(=Cc1ccc(O[C@@H]2O[C@H](C(C)=NOCc3ccc(F)c(F)c3)[C@@H](O)[C@H]2F)c(F)c1)C(=O)N[C@@H]1[C@H](O)[C@@H](O)[C@H]2OCO[C@H]2[C@@H]1O. The second-order valence-corrected chi connectivity index (χ2v) is 11.1. The molecule has 3 aliphatic rings. The number of alkyl halides is 1. The third-order valence-corrected chi connectivity index (χ3v) is 7.85. The lowest BCUT2D eigenvalue weighted by Crippen LogP contribution is -2.67. The number of oxime groups is 1. The smallest absolute Gasteiger partial charge is 0.247 e. The third-order valence-electron chi connectivity index (χ3n) is 7.85. The number of hydrogen-bond acceptors (Lipinski definition) is 11. The van der Waals surface area contributed by atoms with Crippen LogP contribution in [-0.2, 0) is 30.4 Å². The Kier molecular flexibility index (Phi) is 10.3. The second-order valence-electron chi connectivity index (χ2n) is 11.1. The fraction of sp³-hybridized carbons (Fsp3) is 0.467. The molecule has 5 rings (SSSR count). The topological polar surface area (TPSA) is 169 Å². The Morgan fingerprint density at radius 1 is 0.957 bits per heavy atom. The summed E-state index contributed by atoms with van der Waals surface area (Å²) in [6, 6.07) is 5.38. The van der Waals surface area contributed by atoms with E-state index in [0.29, 0.717) is 0 Å². The number of fused-ring (bicyclic) bond motifs is 1. The summed E-state index contributed by atoms with van der Waals surface area (Å²) in [5.74, 6) is -4.18. The molecule has 16 heteroatoms. The second kappa shape index (κ2) is 14.0. The van der Waals surface area contributed by atoms with Crippen molar-refractivity contribution in [3.63, 3.8) is 0 Å². The number of benzene rings is 2. The van der Waals surface area contributed by atoms with Crippen LogP contribution < -0.4 is 10.1 Å². The first kappa shape index (κ1) is 33.7. The zero-order chi connectivity index (χ0) is 33.3. The highest BCUT2D eigenvalue weighted by molar-refractivity contribution is 5.97. The van der Waals surface area contributed by atoms with Gasteiger partial charge < -0.3 is 49.5 Å². The minimum Gasteiger partial charge on any atom is -0.459 e. The maximum absolute atomic E-state index is 15.0. The zero-order valence-corrected chi connectivity index (χ0v) is 24.4. The molecule has 10 atom stereocenters. The quantitative estimate of drug-likeness (QED) is 0.115. The number of amides is 1. The Hall–Kier alpha value is -3.64. The van der Waals surface area contributed by atoms with Crippen molar-refractivity contribution in [1.82, 2.24) is 5.32 Å². The molecule has 2 aromatic carbocycles. The molecule has 1 saturated carbocycles. The van der Waals surface area contributed by atoms with Gasteiger partial charge >= 0.3 is 0 Å². The lowest BCUT2D eigenvalue weighted by atomic mass is 9.83. The molecule has 5 N–H and O–H groups in total. The summed E-state index contributed by atoms with van der Waals surface area (Å²) in [6.45, 7) is 2.34. The van der Waals surface area contributed by atoms with Gasteiger partial charge in [0, 0.05) is 5.57 Å². The van der Waals surface area contributed by atoms with Gasteiger partial charge in [0.05, 0.1) is 11.8 Å². The first-order chi connectivity index (χ1) is 21.8. The van der Waals surface area contributed by atoms with Gasteiger partial charge in [0.2, 0.25) is 12.2 Å². The van der Waals surface area contributed by atoms with Crippen LogP contribution in [0.4, 0.5) is 17.6 Å². The highest BCUT2D eigenvalue weighted by atomic mass is 19.2. The zero-order valence-electron chi connectivity index (χ0n) is 24.4. The van der Waals surface area contributed by atoms with E-state index in [4.69, 9.17) is 23.8 Å². The molecule has 0 radical (unpaired) electrons. The fourth-order valence-electron chi connectivity index (χ4n) is 5.32. The number of nitrogens with zero attached hydrogens (tertiary/aromatic N) is 1. The Labute approximate surface area is 259 Å². The molecule has 0 spiro atoms. The lowest BCUT2D eigenvalue weighted by molar-refractivity contribution is -0.155. The summed E-state index contributed by atoms with van der Waals surface area (Å²) < 4.78 is 77.4. The summed E-state index contributed by atoms with van der Waals surface area (Å²) in [6.07, 6.45) is -11.8. The largest absolute Gasteiger partial charge is 0.459 e. The van der Waals surface area contributed by atoms with E-state index in [9.17, 15) is 42.8 Å². The van der Waals surface area contributed by atoms with Crippen molar-refractivity contribution in [1.29, 1.82) is 0 Å². The minimum atomic E-state index is -2.10. The Balaban J connectivity index is 1.18. The van der Waals surface area contributed by atoms with Crippen LogP contribution in [0.3, 0.4) is 0 Å². The maximum Gasteiger partial charge on any atom is 0.247 e. The Morgan fingerprint density at radius 3 is 2.37 bits per heavy atom. The van der Waals surface area contributed by atoms with E-state index in [2.05, 4.69) is 10.5 Å². The molecule has 2 saturated heterocycles. The van der Waals surface area contributed by atoms with Gasteiger partial charge in [-0.2, -0.15) is 0 Å². The van der Waals surface area contributed by atoms with Gasteiger partial charge in [0.15, 0.2) is 29.4 Å². The number of ether oxygens (including phenoxy) is 4. The van der Waals surface area contributed by atoms with Crippen LogP contribution in [0.1, 0.15) is 25.0 Å². The molecule has 0 bridgehead atoms. The van der Waals surface area contributed by atoms with Gasteiger partial charge in [-0.05, 0) is 55.3 Å². The monoisotopic (exact) mass is 656 g/mol. The molecule has 2 heterocycles. The normalized spacial score (nSPS) is 33.1. The van der Waals surface area contributed by atoms with Crippen LogP contribution in [0.2, 0.25) is 0 Å². The molecule has 46 heavy (non-hydrogen) atoms. The van der Waals surface area contributed by atoms with Crippen LogP contribution >= 0.6 is 0 Å². The third kappa shape index (κ3) is 7.02. The maximum atomic E-state index is 15.0. The van der Waals surface area contributed by atoms with Gasteiger partial charge in [0.1, 0.15) is 56.1 Å². The molecule has 0 unspecified atom stereocenters. The van der Waals surface area contributed by atoms with Gasteiger partial charge in [-0.1, -0.05) is 17.3 Å². The van der Waals surface area contributed by atoms with Gasteiger partial charge in [0.25, 0.3) is 0 Å². The van der Waals surface area contributed by atoms with Crippen molar-refractivity contribution in [2.24, 2.45) is 5.16 Å². The molecule has 12 nitrogen and oxygen atoms in total. The van der Waals surface area contributed by atoms with E-state index < -0.39 is 90.3 Å². The average molecular weight is 657 g/mol. The molecule has 1 amide bonds. The molecule has 2 aliphatic heterocycles. The van der Waals surface area contributed by atoms with E-state index in [1.54, 1.807) is 0 Å². The fourth-order valence-corrected chi connectivity index (χ4v) is 5.32. The molecule has 2 aromatic rings. The average Bonchev–Trinajstić information content (AvgIpc) is 3.62. The van der Waals surface area contributed by atoms with Crippen molar-refractivity contribution in [2.75, 3.05) is 6.79 Å². The molecular formula is C30H32F4N2O10. The molecular weight excluding hydrogens is 624 g/mol. The Morgan fingerprint density at radius 2 is 1.67 bits per heavy atom. The predicted molar refractivity (Wildman–Crippen MR) is 149 cm³/mol. The Bertz CT molecular complexity index is 1500. The lowest BCUT2D eigenvalue weighted by Gasteiger charge is -2.41. The van der Waals surface area contributed by atoms with Crippen LogP contribution in [-0.4, -0.2) is 100 Å². The molecule has 1 aliphatic carbocycles. The highest BCUT2D eigenvalue weighted by Gasteiger charge is 2.53. The van der Waals surface area contributed by atoms with Gasteiger partial charge in [-0.3, -0.25) is 4.79 Å². The minimum absolute atomic E-state index is 0.00485. The number of nitrogens with one attached hydrogen (secondary N) is 1. The highest BCUT2D eigenvalue weighted by Crippen LogP contribution is 2.31. The van der Waals surface area contributed by atoms with Crippen molar-refractivity contribution in [2.45, 2.75) is 81.7 Å². The number of carbonyl (C=O) groups excluding carboxylic acids is 1. The first-order valence-corrected chi connectivity index (χ1v) is 14.2. The van der Waals surface area contributed by atoms with Crippen molar-refractivity contribution < 1.29 is 66.6 Å². The van der Waals surface area contributed by atoms with Crippen molar-refractivity contribution >= 4 is 17.7 Å². The summed E-state index contributed by atoms with van der Waals surface area (Å²) in [7, 11) is 0. The number of halogens is 4. The number of aliphatic hydroxyl groups excluding tert-OH is 4.